The van der Waals surface area contributed by atoms with Crippen molar-refractivity contribution in [2.75, 3.05) is 13.1 Å². The van der Waals surface area contributed by atoms with Crippen molar-refractivity contribution in [3.8, 4) is 0 Å². The highest BCUT2D eigenvalue weighted by molar-refractivity contribution is 5.79. The van der Waals surface area contributed by atoms with E-state index in [2.05, 4.69) is 15.2 Å². The molecule has 1 fully saturated rings. The molecule has 32 heavy (non-hydrogen) atoms. The molecule has 1 saturated heterocycles. The molecular weight excluding hydrogens is 408 g/mol. The Labute approximate surface area is 187 Å². The van der Waals surface area contributed by atoms with Gasteiger partial charge >= 0.3 is 0 Å². The molecule has 2 atom stereocenters. The van der Waals surface area contributed by atoms with Gasteiger partial charge in [0.15, 0.2) is 11.6 Å². The van der Waals surface area contributed by atoms with Crippen LogP contribution in [0.3, 0.4) is 0 Å². The van der Waals surface area contributed by atoms with Gasteiger partial charge in [-0.05, 0) is 60.7 Å². The Morgan fingerprint density at radius 2 is 1.84 bits per heavy atom. The molecule has 0 radical (unpaired) electrons. The number of pyridine rings is 1. The number of hydrogen-bond donors (Lipinski definition) is 1. The number of hydrogen-bond acceptors (Lipinski definition) is 3. The Bertz CT molecular complexity index is 1030. The van der Waals surface area contributed by atoms with Crippen molar-refractivity contribution in [2.24, 2.45) is 5.92 Å². The third-order valence-electron chi connectivity index (χ3n) is 5.93. The molecule has 166 valence electrons. The molecule has 4 rings (SSSR count). The molecule has 2 aromatic carbocycles. The van der Waals surface area contributed by atoms with Gasteiger partial charge in [0.25, 0.3) is 0 Å². The fourth-order valence-corrected chi connectivity index (χ4v) is 4.40. The fraction of sp³-hybridized carbons (Fsp3) is 0.308. The van der Waals surface area contributed by atoms with Crippen LogP contribution in [0, 0.1) is 17.6 Å². The van der Waals surface area contributed by atoms with Crippen molar-refractivity contribution in [1.29, 1.82) is 0 Å². The van der Waals surface area contributed by atoms with Crippen LogP contribution in [0.25, 0.3) is 0 Å². The first-order valence-corrected chi connectivity index (χ1v) is 11.0. The molecule has 1 aromatic heterocycles. The highest BCUT2D eigenvalue weighted by Gasteiger charge is 2.30. The van der Waals surface area contributed by atoms with Crippen LogP contribution in [0.15, 0.2) is 72.9 Å². The number of likely N-dealkylation sites (tertiary alicyclic amines) is 1. The van der Waals surface area contributed by atoms with Crippen LogP contribution in [-0.2, 0) is 17.8 Å². The summed E-state index contributed by atoms with van der Waals surface area (Å²) in [6, 6.07) is 19.3. The molecule has 0 unspecified atom stereocenters. The van der Waals surface area contributed by atoms with Gasteiger partial charge in [0.1, 0.15) is 0 Å². The molecule has 0 aliphatic carbocycles. The van der Waals surface area contributed by atoms with Crippen molar-refractivity contribution >= 4 is 5.91 Å². The first-order valence-electron chi connectivity index (χ1n) is 11.0. The summed E-state index contributed by atoms with van der Waals surface area (Å²) in [6.07, 6.45) is 3.98. The lowest BCUT2D eigenvalue weighted by molar-refractivity contribution is -0.121. The zero-order chi connectivity index (χ0) is 22.3. The Morgan fingerprint density at radius 1 is 1.03 bits per heavy atom. The SMILES string of the molecule is O=C(Cc1ccccc1)N[C@@H](c1ccccn1)[C@H]1CCCN(Cc2ccc(F)c(F)c2)C1. The van der Waals surface area contributed by atoms with Crippen LogP contribution in [0.5, 0.6) is 0 Å². The van der Waals surface area contributed by atoms with Crippen LogP contribution >= 0.6 is 0 Å². The van der Waals surface area contributed by atoms with Gasteiger partial charge in [-0.1, -0.05) is 42.5 Å². The van der Waals surface area contributed by atoms with E-state index in [4.69, 9.17) is 0 Å². The van der Waals surface area contributed by atoms with E-state index in [0.717, 1.165) is 42.8 Å². The zero-order valence-electron chi connectivity index (χ0n) is 17.9. The van der Waals surface area contributed by atoms with E-state index in [0.29, 0.717) is 13.0 Å². The van der Waals surface area contributed by atoms with E-state index in [9.17, 15) is 13.6 Å². The first kappa shape index (κ1) is 22.1. The summed E-state index contributed by atoms with van der Waals surface area (Å²) in [5.41, 5.74) is 2.55. The van der Waals surface area contributed by atoms with E-state index in [1.807, 2.05) is 48.5 Å². The van der Waals surface area contributed by atoms with Crippen LogP contribution in [-0.4, -0.2) is 28.9 Å². The van der Waals surface area contributed by atoms with Crippen LogP contribution in [0.4, 0.5) is 8.78 Å². The minimum absolute atomic E-state index is 0.0374. The molecule has 4 nitrogen and oxygen atoms in total. The minimum atomic E-state index is -0.832. The number of carbonyl (C=O) groups is 1. The Kier molecular flexibility index (Phi) is 7.22. The van der Waals surface area contributed by atoms with E-state index in [1.165, 1.54) is 12.1 Å². The molecule has 2 heterocycles. The molecular formula is C26H27F2N3O. The Hall–Kier alpha value is -3.12. The van der Waals surface area contributed by atoms with E-state index >= 15 is 0 Å². The van der Waals surface area contributed by atoms with Crippen LogP contribution in [0.2, 0.25) is 0 Å². The van der Waals surface area contributed by atoms with Gasteiger partial charge in [-0.15, -0.1) is 0 Å². The molecule has 1 aliphatic rings. The number of benzene rings is 2. The van der Waals surface area contributed by atoms with E-state index < -0.39 is 11.6 Å². The fourth-order valence-electron chi connectivity index (χ4n) is 4.40. The lowest BCUT2D eigenvalue weighted by atomic mass is 9.88. The predicted molar refractivity (Wildman–Crippen MR) is 120 cm³/mol. The highest BCUT2D eigenvalue weighted by atomic mass is 19.2. The summed E-state index contributed by atoms with van der Waals surface area (Å²) in [7, 11) is 0. The average molecular weight is 436 g/mol. The number of aromatic nitrogens is 1. The lowest BCUT2D eigenvalue weighted by Crippen LogP contribution is -2.43. The number of nitrogens with one attached hydrogen (secondary N) is 1. The number of amides is 1. The zero-order valence-corrected chi connectivity index (χ0v) is 17.9. The molecule has 3 aromatic rings. The largest absolute Gasteiger partial charge is 0.347 e. The van der Waals surface area contributed by atoms with Crippen molar-refractivity contribution < 1.29 is 13.6 Å². The van der Waals surface area contributed by atoms with Gasteiger partial charge < -0.3 is 5.32 Å². The maximum atomic E-state index is 13.6. The number of nitrogens with zero attached hydrogens (tertiary/aromatic N) is 2. The summed E-state index contributed by atoms with van der Waals surface area (Å²) < 4.78 is 26.9. The molecule has 6 heteroatoms. The standard InChI is InChI=1S/C26H27F2N3O/c27-22-12-11-20(15-23(22)28)17-31-14-6-9-21(18-31)26(24-10-4-5-13-29-24)30-25(32)16-19-7-2-1-3-8-19/h1-5,7-8,10-13,15,21,26H,6,9,14,16-18H2,(H,30,32)/t21-,26+/m0/s1. The lowest BCUT2D eigenvalue weighted by Gasteiger charge is -2.37. The van der Waals surface area contributed by atoms with Crippen molar-refractivity contribution in [2.45, 2.75) is 31.8 Å². The highest BCUT2D eigenvalue weighted by Crippen LogP contribution is 2.30. The number of carbonyl (C=O) groups excluding carboxylic acids is 1. The number of rotatable bonds is 7. The van der Waals surface area contributed by atoms with Gasteiger partial charge in [-0.25, -0.2) is 8.78 Å². The van der Waals surface area contributed by atoms with Crippen molar-refractivity contribution in [3.63, 3.8) is 0 Å². The van der Waals surface area contributed by atoms with Gasteiger partial charge in [-0.3, -0.25) is 14.7 Å². The second-order valence-corrected chi connectivity index (χ2v) is 8.35. The topological polar surface area (TPSA) is 45.2 Å². The quantitative estimate of drug-likeness (QED) is 0.587. The Balaban J connectivity index is 1.47. The van der Waals surface area contributed by atoms with Gasteiger partial charge in [0.05, 0.1) is 18.2 Å². The summed E-state index contributed by atoms with van der Waals surface area (Å²) in [4.78, 5) is 19.6. The van der Waals surface area contributed by atoms with Crippen molar-refractivity contribution in [3.05, 3.63) is 101 Å². The number of halogens is 2. The summed E-state index contributed by atoms with van der Waals surface area (Å²) in [5, 5.41) is 3.21. The average Bonchev–Trinajstić information content (AvgIpc) is 2.81. The second kappa shape index (κ2) is 10.5. The Morgan fingerprint density at radius 3 is 2.59 bits per heavy atom. The third-order valence-corrected chi connectivity index (χ3v) is 5.93. The molecule has 1 N–H and O–H groups in total. The number of piperidine rings is 1. The maximum absolute atomic E-state index is 13.6. The smallest absolute Gasteiger partial charge is 0.224 e. The third kappa shape index (κ3) is 5.77. The molecule has 0 spiro atoms. The molecule has 1 amide bonds. The molecule has 1 aliphatic heterocycles. The second-order valence-electron chi connectivity index (χ2n) is 8.35. The summed E-state index contributed by atoms with van der Waals surface area (Å²) >= 11 is 0. The van der Waals surface area contributed by atoms with Crippen LogP contribution < -0.4 is 5.32 Å². The summed E-state index contributed by atoms with van der Waals surface area (Å²) in [6.45, 7) is 2.16. The van der Waals surface area contributed by atoms with Gasteiger partial charge in [0, 0.05) is 19.3 Å². The van der Waals surface area contributed by atoms with Crippen LogP contribution in [0.1, 0.15) is 35.7 Å². The van der Waals surface area contributed by atoms with Gasteiger partial charge in [0.2, 0.25) is 5.91 Å². The van der Waals surface area contributed by atoms with E-state index in [1.54, 1.807) is 12.3 Å². The van der Waals surface area contributed by atoms with Crippen molar-refractivity contribution in [1.82, 2.24) is 15.2 Å². The van der Waals surface area contributed by atoms with Gasteiger partial charge in [-0.2, -0.15) is 0 Å². The summed E-state index contributed by atoms with van der Waals surface area (Å²) in [5.74, 6) is -1.52. The van der Waals surface area contributed by atoms with E-state index in [-0.39, 0.29) is 17.9 Å². The normalized spacial score (nSPS) is 17.6. The minimum Gasteiger partial charge on any atom is -0.347 e. The first-order chi connectivity index (χ1) is 15.6. The maximum Gasteiger partial charge on any atom is 0.224 e. The monoisotopic (exact) mass is 435 g/mol. The molecule has 0 bridgehead atoms. The molecule has 0 saturated carbocycles. The predicted octanol–water partition coefficient (Wildman–Crippen LogP) is 4.67.